The summed E-state index contributed by atoms with van der Waals surface area (Å²) >= 11 is 0. The van der Waals surface area contributed by atoms with Crippen LogP contribution in [0.2, 0.25) is 0 Å². The number of carbonyl (C=O) groups is 3. The van der Waals surface area contributed by atoms with Gasteiger partial charge in [0.05, 0.1) is 11.8 Å². The molecule has 182 valence electrons. The van der Waals surface area contributed by atoms with E-state index in [4.69, 9.17) is 9.84 Å². The van der Waals surface area contributed by atoms with E-state index in [1.165, 1.54) is 0 Å². The van der Waals surface area contributed by atoms with E-state index in [-0.39, 0.29) is 31.4 Å². The van der Waals surface area contributed by atoms with E-state index in [1.807, 2.05) is 45.0 Å². The van der Waals surface area contributed by atoms with E-state index < -0.39 is 23.5 Å². The summed E-state index contributed by atoms with van der Waals surface area (Å²) in [7, 11) is 0. The van der Waals surface area contributed by atoms with Gasteiger partial charge in [-0.05, 0) is 41.5 Å². The number of carbonyl (C=O) groups excluding carboxylic acids is 2. The number of fused-ring (bicyclic) bond motifs is 3. The zero-order valence-electron chi connectivity index (χ0n) is 20.1. The smallest absolute Gasteiger partial charge is 0.407 e. The van der Waals surface area contributed by atoms with E-state index in [1.54, 1.807) is 0 Å². The van der Waals surface area contributed by atoms with Gasteiger partial charge in [-0.25, -0.2) is 4.79 Å². The zero-order valence-corrected chi connectivity index (χ0v) is 20.1. The Kier molecular flexibility index (Phi) is 8.31. The van der Waals surface area contributed by atoms with Crippen LogP contribution >= 0.6 is 0 Å². The Morgan fingerprint density at radius 3 is 2.03 bits per heavy atom. The summed E-state index contributed by atoms with van der Waals surface area (Å²) in [4.78, 5) is 36.7. The number of alkyl carbamates (subject to hydrolysis) is 1. The Labute approximate surface area is 200 Å². The quantitative estimate of drug-likeness (QED) is 0.445. The van der Waals surface area contributed by atoms with Crippen LogP contribution in [0, 0.1) is 5.41 Å². The molecule has 0 saturated carbocycles. The minimum Gasteiger partial charge on any atom is -0.481 e. The molecule has 1 aliphatic rings. The van der Waals surface area contributed by atoms with Gasteiger partial charge in [-0.15, -0.1) is 0 Å². The third kappa shape index (κ3) is 5.41. The van der Waals surface area contributed by atoms with Gasteiger partial charge in [-0.3, -0.25) is 9.59 Å². The highest BCUT2D eigenvalue weighted by atomic mass is 16.5. The van der Waals surface area contributed by atoms with Gasteiger partial charge >= 0.3 is 12.1 Å². The molecule has 0 aliphatic heterocycles. The minimum absolute atomic E-state index is 0.0371. The van der Waals surface area contributed by atoms with E-state index in [2.05, 4.69) is 34.9 Å². The molecule has 1 atom stereocenters. The average Bonchev–Trinajstić information content (AvgIpc) is 3.16. The molecule has 0 fully saturated rings. The van der Waals surface area contributed by atoms with Gasteiger partial charge in [0.2, 0.25) is 5.91 Å². The highest BCUT2D eigenvalue weighted by Crippen LogP contribution is 2.44. The molecule has 2 aromatic rings. The molecule has 0 saturated heterocycles. The van der Waals surface area contributed by atoms with Crippen LogP contribution < -0.4 is 10.6 Å². The fraction of sp³-hybridized carbons (Fsp3) is 0.444. The van der Waals surface area contributed by atoms with Gasteiger partial charge in [-0.1, -0.05) is 69.3 Å². The first-order chi connectivity index (χ1) is 16.3. The number of carboxylic acid groups (broad SMARTS) is 1. The molecule has 2 amide bonds. The third-order valence-electron chi connectivity index (χ3n) is 7.00. The number of ether oxygens (including phenoxy) is 1. The molecule has 34 heavy (non-hydrogen) atoms. The summed E-state index contributed by atoms with van der Waals surface area (Å²) in [6.07, 6.45) is 0.816. The molecule has 7 heteroatoms. The molecule has 0 unspecified atom stereocenters. The van der Waals surface area contributed by atoms with Crippen molar-refractivity contribution in [2.24, 2.45) is 5.41 Å². The lowest BCUT2D eigenvalue weighted by atomic mass is 9.81. The first kappa shape index (κ1) is 25.3. The summed E-state index contributed by atoms with van der Waals surface area (Å²) in [5.41, 5.74) is 3.75. The number of nitrogens with one attached hydrogen (secondary N) is 2. The fourth-order valence-corrected chi connectivity index (χ4v) is 4.64. The van der Waals surface area contributed by atoms with E-state index >= 15 is 0 Å². The van der Waals surface area contributed by atoms with E-state index in [0.717, 1.165) is 22.3 Å². The lowest BCUT2D eigenvalue weighted by molar-refractivity contribution is -0.138. The Bertz CT molecular complexity index is 986. The highest BCUT2D eigenvalue weighted by Gasteiger charge is 2.37. The minimum atomic E-state index is -0.956. The van der Waals surface area contributed by atoms with Crippen molar-refractivity contribution in [2.45, 2.75) is 58.4 Å². The van der Waals surface area contributed by atoms with Crippen molar-refractivity contribution in [3.05, 3.63) is 59.7 Å². The summed E-state index contributed by atoms with van der Waals surface area (Å²) in [5, 5.41) is 14.7. The predicted octanol–water partition coefficient (Wildman–Crippen LogP) is 4.70. The Morgan fingerprint density at radius 2 is 1.53 bits per heavy atom. The van der Waals surface area contributed by atoms with Gasteiger partial charge in [0, 0.05) is 18.5 Å². The van der Waals surface area contributed by atoms with Crippen LogP contribution in [0.15, 0.2) is 48.5 Å². The van der Waals surface area contributed by atoms with Crippen molar-refractivity contribution in [3.8, 4) is 11.1 Å². The van der Waals surface area contributed by atoms with Crippen LogP contribution in [0.25, 0.3) is 11.1 Å². The fourth-order valence-electron chi connectivity index (χ4n) is 4.64. The molecule has 0 spiro atoms. The van der Waals surface area contributed by atoms with Crippen LogP contribution in [-0.4, -0.2) is 42.3 Å². The van der Waals surface area contributed by atoms with E-state index in [9.17, 15) is 14.4 Å². The second kappa shape index (κ2) is 11.2. The molecule has 0 heterocycles. The Balaban J connectivity index is 1.62. The molecule has 2 aromatic carbocycles. The van der Waals surface area contributed by atoms with Crippen LogP contribution in [0.1, 0.15) is 63.5 Å². The van der Waals surface area contributed by atoms with Crippen molar-refractivity contribution in [1.82, 2.24) is 10.6 Å². The first-order valence-corrected chi connectivity index (χ1v) is 12.0. The summed E-state index contributed by atoms with van der Waals surface area (Å²) in [5.74, 6) is -1.24. The van der Waals surface area contributed by atoms with Crippen molar-refractivity contribution in [2.75, 3.05) is 13.2 Å². The average molecular weight is 467 g/mol. The molecule has 3 rings (SSSR count). The third-order valence-corrected chi connectivity index (χ3v) is 7.00. The zero-order chi connectivity index (χ0) is 24.7. The molecule has 0 aromatic heterocycles. The SMILES string of the molecule is CC[C@H](CC(=O)O)NC(=O)C(CC)(CC)CNC(=O)OCC1c2ccccc2-c2ccccc21. The maximum atomic E-state index is 13.0. The number of amides is 2. The van der Waals surface area contributed by atoms with Crippen LogP contribution in [0.5, 0.6) is 0 Å². The number of hydrogen-bond donors (Lipinski definition) is 3. The van der Waals surface area contributed by atoms with Crippen LogP contribution in [-0.2, 0) is 14.3 Å². The highest BCUT2D eigenvalue weighted by molar-refractivity contribution is 5.84. The molecule has 0 bridgehead atoms. The lowest BCUT2D eigenvalue weighted by Gasteiger charge is -2.32. The topological polar surface area (TPSA) is 105 Å². The normalized spacial score (nSPS) is 13.5. The summed E-state index contributed by atoms with van der Waals surface area (Å²) in [6, 6.07) is 15.8. The van der Waals surface area contributed by atoms with Gasteiger partial charge in [0.15, 0.2) is 0 Å². The van der Waals surface area contributed by atoms with Gasteiger partial charge < -0.3 is 20.5 Å². The van der Waals surface area contributed by atoms with Crippen molar-refractivity contribution < 1.29 is 24.2 Å². The Hall–Kier alpha value is -3.35. The van der Waals surface area contributed by atoms with Crippen LogP contribution in [0.3, 0.4) is 0 Å². The molecule has 1 aliphatic carbocycles. The van der Waals surface area contributed by atoms with Gasteiger partial charge in [0.1, 0.15) is 6.61 Å². The van der Waals surface area contributed by atoms with Crippen molar-refractivity contribution in [3.63, 3.8) is 0 Å². The van der Waals surface area contributed by atoms with Crippen molar-refractivity contribution in [1.29, 1.82) is 0 Å². The molecule has 0 radical (unpaired) electrons. The molecule has 3 N–H and O–H groups in total. The second-order valence-corrected chi connectivity index (χ2v) is 8.84. The maximum absolute atomic E-state index is 13.0. The predicted molar refractivity (Wildman–Crippen MR) is 131 cm³/mol. The van der Waals surface area contributed by atoms with Gasteiger partial charge in [-0.2, -0.15) is 0 Å². The van der Waals surface area contributed by atoms with Gasteiger partial charge in [0.25, 0.3) is 0 Å². The molecule has 7 nitrogen and oxygen atoms in total. The summed E-state index contributed by atoms with van der Waals surface area (Å²) in [6.45, 7) is 5.93. The Morgan fingerprint density at radius 1 is 0.971 bits per heavy atom. The summed E-state index contributed by atoms with van der Waals surface area (Å²) < 4.78 is 5.60. The first-order valence-electron chi connectivity index (χ1n) is 12.0. The lowest BCUT2D eigenvalue weighted by Crippen LogP contribution is -2.51. The number of rotatable bonds is 11. The maximum Gasteiger partial charge on any atom is 0.407 e. The molecular weight excluding hydrogens is 432 g/mol. The second-order valence-electron chi connectivity index (χ2n) is 8.84. The van der Waals surface area contributed by atoms with Crippen LogP contribution in [0.4, 0.5) is 4.79 Å². The number of aliphatic carboxylic acids is 1. The standard InChI is InChI=1S/C27H34N2O5/c1-4-18(15-24(30)31)29-25(32)27(5-2,6-3)17-28-26(33)34-16-23-21-13-9-7-11-19(21)20-12-8-10-14-22(20)23/h7-14,18,23H,4-6,15-17H2,1-3H3,(H,28,33)(H,29,32)(H,30,31)/t18-/m1/s1. The number of carboxylic acids is 1. The monoisotopic (exact) mass is 466 g/mol. The van der Waals surface area contributed by atoms with E-state index in [0.29, 0.717) is 19.3 Å². The molecular formula is C27H34N2O5. The van der Waals surface area contributed by atoms with Crippen molar-refractivity contribution >= 4 is 18.0 Å². The number of hydrogen-bond acceptors (Lipinski definition) is 4. The number of benzene rings is 2. The largest absolute Gasteiger partial charge is 0.481 e.